The van der Waals surface area contributed by atoms with Crippen LogP contribution >= 0.6 is 11.8 Å². The fourth-order valence-electron chi connectivity index (χ4n) is 2.66. The maximum absolute atomic E-state index is 12.1. The minimum absolute atomic E-state index is 0.0502. The molecule has 3 rings (SSSR count). The van der Waals surface area contributed by atoms with Gasteiger partial charge in [0, 0.05) is 13.1 Å². The van der Waals surface area contributed by atoms with E-state index in [1.54, 1.807) is 0 Å². The number of carbonyl (C=O) groups is 2. The standard InChI is InChI=1S/C20H19N5O2S/c21-11-6-12-25-17-10-5-4-9-16(17)23-20(25)28-14-18(26)24-19(27)22-13-15-7-2-1-3-8-15/h1-5,7-10H,6,12-14H2,(H2,22,24,26,27). The van der Waals surface area contributed by atoms with Crippen LogP contribution in [-0.4, -0.2) is 27.2 Å². The Labute approximate surface area is 166 Å². The first-order valence-electron chi connectivity index (χ1n) is 8.74. The minimum Gasteiger partial charge on any atom is -0.334 e. The molecule has 0 aliphatic heterocycles. The molecule has 3 amide bonds. The number of nitrogens with zero attached hydrogens (tertiary/aromatic N) is 3. The third-order valence-corrected chi connectivity index (χ3v) is 4.92. The highest BCUT2D eigenvalue weighted by Gasteiger charge is 2.14. The molecular weight excluding hydrogens is 374 g/mol. The van der Waals surface area contributed by atoms with Gasteiger partial charge in [0.2, 0.25) is 5.91 Å². The number of imide groups is 1. The van der Waals surface area contributed by atoms with Gasteiger partial charge >= 0.3 is 6.03 Å². The van der Waals surface area contributed by atoms with Gasteiger partial charge in [0.25, 0.3) is 0 Å². The Kier molecular flexibility index (Phi) is 6.65. The van der Waals surface area contributed by atoms with Crippen LogP contribution in [0.5, 0.6) is 0 Å². The summed E-state index contributed by atoms with van der Waals surface area (Å²) < 4.78 is 1.92. The molecule has 2 aromatic carbocycles. The summed E-state index contributed by atoms with van der Waals surface area (Å²) in [4.78, 5) is 28.5. The summed E-state index contributed by atoms with van der Waals surface area (Å²) in [5.74, 6) is -0.358. The SMILES string of the molecule is N#CCCn1c(SCC(=O)NC(=O)NCc2ccccc2)nc2ccccc21. The van der Waals surface area contributed by atoms with Crippen molar-refractivity contribution >= 4 is 34.7 Å². The fraction of sp³-hybridized carbons (Fsp3) is 0.200. The molecule has 1 heterocycles. The molecule has 2 N–H and O–H groups in total. The highest BCUT2D eigenvalue weighted by Crippen LogP contribution is 2.24. The zero-order valence-corrected chi connectivity index (χ0v) is 15.9. The number of carbonyl (C=O) groups excluding carboxylic acids is 2. The number of nitriles is 1. The average molecular weight is 393 g/mol. The van der Waals surface area contributed by atoms with Gasteiger partial charge in [-0.3, -0.25) is 10.1 Å². The normalized spacial score (nSPS) is 10.4. The number of nitrogens with one attached hydrogen (secondary N) is 2. The molecule has 8 heteroatoms. The molecule has 0 aliphatic carbocycles. The maximum Gasteiger partial charge on any atom is 0.321 e. The molecule has 3 aromatic rings. The van der Waals surface area contributed by atoms with Crippen LogP contribution in [0, 0.1) is 11.3 Å². The second-order valence-corrected chi connectivity index (χ2v) is 6.89. The van der Waals surface area contributed by atoms with Crippen molar-refractivity contribution in [3.8, 4) is 6.07 Å². The van der Waals surface area contributed by atoms with Crippen LogP contribution in [0.15, 0.2) is 59.8 Å². The summed E-state index contributed by atoms with van der Waals surface area (Å²) in [5, 5.41) is 14.5. The third-order valence-electron chi connectivity index (χ3n) is 3.95. The van der Waals surface area contributed by atoms with Crippen LogP contribution in [0.25, 0.3) is 11.0 Å². The molecule has 0 bridgehead atoms. The number of urea groups is 1. The molecule has 28 heavy (non-hydrogen) atoms. The molecule has 0 atom stereocenters. The Balaban J connectivity index is 1.55. The van der Waals surface area contributed by atoms with Crippen LogP contribution in [0.3, 0.4) is 0 Å². The van der Waals surface area contributed by atoms with Gasteiger partial charge in [0.05, 0.1) is 29.3 Å². The molecule has 0 spiro atoms. The average Bonchev–Trinajstić information content (AvgIpc) is 3.07. The summed E-state index contributed by atoms with van der Waals surface area (Å²) in [6, 6.07) is 18.7. The fourth-order valence-corrected chi connectivity index (χ4v) is 3.50. The predicted octanol–water partition coefficient (Wildman–Crippen LogP) is 3.07. The number of rotatable bonds is 7. The van der Waals surface area contributed by atoms with E-state index in [1.807, 2.05) is 59.2 Å². The highest BCUT2D eigenvalue weighted by atomic mass is 32.2. The van der Waals surface area contributed by atoms with Gasteiger partial charge in [-0.25, -0.2) is 9.78 Å². The maximum atomic E-state index is 12.1. The van der Waals surface area contributed by atoms with Gasteiger partial charge in [-0.05, 0) is 17.7 Å². The first-order chi connectivity index (χ1) is 13.7. The van der Waals surface area contributed by atoms with E-state index < -0.39 is 11.9 Å². The lowest BCUT2D eigenvalue weighted by Crippen LogP contribution is -2.40. The van der Waals surface area contributed by atoms with Crippen molar-refractivity contribution in [2.24, 2.45) is 0 Å². The Hall–Kier alpha value is -3.31. The zero-order valence-electron chi connectivity index (χ0n) is 15.1. The third kappa shape index (κ3) is 5.11. The number of hydrogen-bond donors (Lipinski definition) is 2. The Morgan fingerprint density at radius 3 is 2.64 bits per heavy atom. The number of aromatic nitrogens is 2. The molecule has 0 unspecified atom stereocenters. The van der Waals surface area contributed by atoms with E-state index in [9.17, 15) is 9.59 Å². The largest absolute Gasteiger partial charge is 0.334 e. The number of imidazole rings is 1. The van der Waals surface area contributed by atoms with E-state index in [0.717, 1.165) is 16.6 Å². The molecule has 0 saturated heterocycles. The lowest BCUT2D eigenvalue weighted by molar-refractivity contribution is -0.117. The van der Waals surface area contributed by atoms with Crippen molar-refractivity contribution in [1.29, 1.82) is 5.26 Å². The highest BCUT2D eigenvalue weighted by molar-refractivity contribution is 7.99. The first-order valence-corrected chi connectivity index (χ1v) is 9.72. The Morgan fingerprint density at radius 1 is 1.11 bits per heavy atom. The lowest BCUT2D eigenvalue weighted by atomic mass is 10.2. The summed E-state index contributed by atoms with van der Waals surface area (Å²) in [5.41, 5.74) is 2.68. The minimum atomic E-state index is -0.535. The Bertz CT molecular complexity index is 1010. The van der Waals surface area contributed by atoms with Crippen molar-refractivity contribution in [1.82, 2.24) is 20.2 Å². The van der Waals surface area contributed by atoms with Crippen LogP contribution in [0.2, 0.25) is 0 Å². The number of para-hydroxylation sites is 2. The van der Waals surface area contributed by atoms with Gasteiger partial charge in [0.15, 0.2) is 5.16 Å². The van der Waals surface area contributed by atoms with Crippen molar-refractivity contribution in [2.75, 3.05) is 5.75 Å². The molecule has 0 fully saturated rings. The number of amides is 3. The van der Waals surface area contributed by atoms with E-state index in [-0.39, 0.29) is 5.75 Å². The van der Waals surface area contributed by atoms with E-state index >= 15 is 0 Å². The van der Waals surface area contributed by atoms with Gasteiger partial charge < -0.3 is 9.88 Å². The van der Waals surface area contributed by atoms with Crippen LogP contribution in [0.1, 0.15) is 12.0 Å². The van der Waals surface area contributed by atoms with Gasteiger partial charge in [-0.1, -0.05) is 54.2 Å². The second kappa shape index (κ2) is 9.58. The van der Waals surface area contributed by atoms with E-state index in [0.29, 0.717) is 24.7 Å². The smallest absolute Gasteiger partial charge is 0.321 e. The van der Waals surface area contributed by atoms with Crippen molar-refractivity contribution < 1.29 is 9.59 Å². The molecule has 7 nitrogen and oxygen atoms in total. The summed E-state index contributed by atoms with van der Waals surface area (Å²) >= 11 is 1.24. The predicted molar refractivity (Wildman–Crippen MR) is 108 cm³/mol. The van der Waals surface area contributed by atoms with Crippen molar-refractivity contribution in [2.45, 2.75) is 24.7 Å². The molecule has 0 saturated carbocycles. The van der Waals surface area contributed by atoms with E-state index in [1.165, 1.54) is 11.8 Å². The number of fused-ring (bicyclic) bond motifs is 1. The summed E-state index contributed by atoms with van der Waals surface area (Å²) in [6.07, 6.45) is 0.349. The van der Waals surface area contributed by atoms with Crippen LogP contribution in [-0.2, 0) is 17.9 Å². The summed E-state index contributed by atoms with van der Waals surface area (Å²) in [6.45, 7) is 0.843. The first kappa shape index (κ1) is 19.5. The van der Waals surface area contributed by atoms with Gasteiger partial charge in [0.1, 0.15) is 0 Å². The zero-order chi connectivity index (χ0) is 19.8. The monoisotopic (exact) mass is 393 g/mol. The molecule has 0 radical (unpaired) electrons. The number of benzene rings is 2. The lowest BCUT2D eigenvalue weighted by Gasteiger charge is -2.08. The molecular formula is C20H19N5O2S. The topological polar surface area (TPSA) is 99.8 Å². The van der Waals surface area contributed by atoms with Crippen molar-refractivity contribution in [3.63, 3.8) is 0 Å². The molecule has 0 aliphatic rings. The Morgan fingerprint density at radius 2 is 1.86 bits per heavy atom. The van der Waals surface area contributed by atoms with Gasteiger partial charge in [-0.15, -0.1) is 0 Å². The van der Waals surface area contributed by atoms with E-state index in [2.05, 4.69) is 21.7 Å². The molecule has 1 aromatic heterocycles. The second-order valence-electron chi connectivity index (χ2n) is 5.95. The van der Waals surface area contributed by atoms with E-state index in [4.69, 9.17) is 5.26 Å². The van der Waals surface area contributed by atoms with Crippen LogP contribution < -0.4 is 10.6 Å². The van der Waals surface area contributed by atoms with Crippen molar-refractivity contribution in [3.05, 3.63) is 60.2 Å². The summed E-state index contributed by atoms with van der Waals surface area (Å²) in [7, 11) is 0. The number of thioether (sulfide) groups is 1. The molecule has 142 valence electrons. The van der Waals surface area contributed by atoms with Gasteiger partial charge in [-0.2, -0.15) is 5.26 Å². The van der Waals surface area contributed by atoms with Crippen LogP contribution in [0.4, 0.5) is 4.79 Å². The number of aryl methyl sites for hydroxylation is 1. The quantitative estimate of drug-likeness (QED) is 0.601. The number of hydrogen-bond acceptors (Lipinski definition) is 5.